The van der Waals surface area contributed by atoms with Crippen LogP contribution in [-0.4, -0.2) is 27.9 Å². The van der Waals surface area contributed by atoms with Crippen molar-refractivity contribution in [2.24, 2.45) is 0 Å². The lowest BCUT2D eigenvalue weighted by Gasteiger charge is -2.13. The van der Waals surface area contributed by atoms with Crippen molar-refractivity contribution in [3.05, 3.63) is 70.0 Å². The number of hydrogen-bond donors (Lipinski definition) is 0. The van der Waals surface area contributed by atoms with E-state index in [9.17, 15) is 9.59 Å². The van der Waals surface area contributed by atoms with Crippen molar-refractivity contribution in [2.75, 3.05) is 12.4 Å². The molecule has 3 rings (SSSR count). The molecule has 3 aromatic rings. The summed E-state index contributed by atoms with van der Waals surface area (Å²) in [6, 6.07) is 16.4. The van der Waals surface area contributed by atoms with E-state index >= 15 is 0 Å². The van der Waals surface area contributed by atoms with Crippen LogP contribution in [0.5, 0.6) is 0 Å². The Labute approximate surface area is 160 Å². The molecule has 0 N–H and O–H groups in total. The summed E-state index contributed by atoms with van der Waals surface area (Å²) in [5.41, 5.74) is 1.51. The summed E-state index contributed by atoms with van der Waals surface area (Å²) in [5.74, 6) is -0.287. The number of rotatable bonds is 6. The lowest BCUT2D eigenvalue weighted by Crippen LogP contribution is -2.24. The highest BCUT2D eigenvalue weighted by atomic mass is 32.2. The zero-order valence-corrected chi connectivity index (χ0v) is 15.5. The summed E-state index contributed by atoms with van der Waals surface area (Å²) in [6.45, 7) is 2.36. The molecular formula is C20H17N3O3S. The molecule has 0 radical (unpaired) electrons. The Morgan fingerprint density at radius 2 is 2.04 bits per heavy atom. The van der Waals surface area contributed by atoms with Crippen LogP contribution in [0.25, 0.3) is 10.9 Å². The van der Waals surface area contributed by atoms with Crippen molar-refractivity contribution in [3.63, 3.8) is 0 Å². The number of carbonyl (C=O) groups excluding carboxylic acids is 1. The number of ether oxygens (including phenoxy) is 1. The van der Waals surface area contributed by atoms with Gasteiger partial charge in [-0.3, -0.25) is 9.36 Å². The number of hydrogen-bond acceptors (Lipinski definition) is 6. The second-order valence-corrected chi connectivity index (χ2v) is 6.61. The highest BCUT2D eigenvalue weighted by Crippen LogP contribution is 2.20. The number of fused-ring (bicyclic) bond motifs is 1. The minimum atomic E-state index is -0.458. The Kier molecular flexibility index (Phi) is 5.89. The van der Waals surface area contributed by atoms with Crippen molar-refractivity contribution in [1.29, 1.82) is 5.26 Å². The van der Waals surface area contributed by atoms with Gasteiger partial charge in [0.25, 0.3) is 5.56 Å². The summed E-state index contributed by atoms with van der Waals surface area (Å²) in [6.07, 6.45) is 0. The summed E-state index contributed by atoms with van der Waals surface area (Å²) in [4.78, 5) is 29.5. The third kappa shape index (κ3) is 4.18. The Bertz CT molecular complexity index is 1070. The molecule has 0 bridgehead atoms. The molecule has 27 heavy (non-hydrogen) atoms. The molecular weight excluding hydrogens is 362 g/mol. The first-order valence-corrected chi connectivity index (χ1v) is 9.38. The van der Waals surface area contributed by atoms with Gasteiger partial charge in [0.05, 0.1) is 41.4 Å². The molecule has 0 unspecified atom stereocenters. The third-order valence-corrected chi connectivity index (χ3v) is 4.72. The lowest BCUT2D eigenvalue weighted by molar-refractivity contribution is 0.0526. The highest BCUT2D eigenvalue weighted by Gasteiger charge is 2.15. The van der Waals surface area contributed by atoms with Crippen LogP contribution >= 0.6 is 11.8 Å². The van der Waals surface area contributed by atoms with E-state index in [1.54, 1.807) is 29.7 Å². The van der Waals surface area contributed by atoms with Crippen LogP contribution in [0, 0.1) is 11.3 Å². The second kappa shape index (κ2) is 8.52. The van der Waals surface area contributed by atoms with Gasteiger partial charge in [0.1, 0.15) is 0 Å². The van der Waals surface area contributed by atoms with E-state index in [4.69, 9.17) is 10.00 Å². The van der Waals surface area contributed by atoms with Gasteiger partial charge in [-0.2, -0.15) is 5.26 Å². The number of carbonyl (C=O) groups is 1. The Morgan fingerprint density at radius 1 is 1.26 bits per heavy atom. The number of aromatic nitrogens is 2. The Morgan fingerprint density at radius 3 is 2.74 bits per heavy atom. The first-order chi connectivity index (χ1) is 13.1. The van der Waals surface area contributed by atoms with E-state index in [1.807, 2.05) is 30.3 Å². The highest BCUT2D eigenvalue weighted by molar-refractivity contribution is 7.99. The van der Waals surface area contributed by atoms with Gasteiger partial charge in [0, 0.05) is 0 Å². The predicted molar refractivity (Wildman–Crippen MR) is 104 cm³/mol. The van der Waals surface area contributed by atoms with Gasteiger partial charge in [-0.05, 0) is 30.7 Å². The van der Waals surface area contributed by atoms with E-state index in [2.05, 4.69) is 11.1 Å². The molecule has 7 heteroatoms. The average molecular weight is 379 g/mol. The van der Waals surface area contributed by atoms with Gasteiger partial charge in [-0.1, -0.05) is 42.1 Å². The topological polar surface area (TPSA) is 85.0 Å². The molecule has 0 saturated carbocycles. The van der Waals surface area contributed by atoms with Gasteiger partial charge in [0.15, 0.2) is 5.16 Å². The smallest absolute Gasteiger partial charge is 0.338 e. The number of benzene rings is 2. The van der Waals surface area contributed by atoms with Crippen molar-refractivity contribution in [2.45, 2.75) is 18.6 Å². The maximum absolute atomic E-state index is 13.0. The molecule has 1 heterocycles. The first-order valence-electron chi connectivity index (χ1n) is 8.39. The van der Waals surface area contributed by atoms with Crippen molar-refractivity contribution in [1.82, 2.24) is 9.55 Å². The molecule has 0 spiro atoms. The predicted octanol–water partition coefficient (Wildman–Crippen LogP) is 3.24. The second-order valence-electron chi connectivity index (χ2n) is 5.67. The van der Waals surface area contributed by atoms with Crippen LogP contribution in [0.3, 0.4) is 0 Å². The number of esters is 1. The molecule has 1 aromatic heterocycles. The molecule has 136 valence electrons. The SMILES string of the molecule is CCOC(=O)c1ccc2c(=O)n(Cc3ccccc3)c(SCC#N)nc2c1. The van der Waals surface area contributed by atoms with Crippen LogP contribution in [0.1, 0.15) is 22.8 Å². The average Bonchev–Trinajstić information content (AvgIpc) is 2.69. The van der Waals surface area contributed by atoms with E-state index < -0.39 is 5.97 Å². The summed E-state index contributed by atoms with van der Waals surface area (Å²) < 4.78 is 6.57. The largest absolute Gasteiger partial charge is 0.462 e. The maximum Gasteiger partial charge on any atom is 0.338 e. The molecule has 0 amide bonds. The molecule has 6 nitrogen and oxygen atoms in total. The van der Waals surface area contributed by atoms with Crippen molar-refractivity contribution >= 4 is 28.6 Å². The maximum atomic E-state index is 13.0. The molecule has 0 aliphatic heterocycles. The Hall–Kier alpha value is -3.11. The van der Waals surface area contributed by atoms with Gasteiger partial charge >= 0.3 is 5.97 Å². The first kappa shape index (κ1) is 18.7. The van der Waals surface area contributed by atoms with Gasteiger partial charge in [-0.15, -0.1) is 0 Å². The van der Waals surface area contributed by atoms with Gasteiger partial charge in [0.2, 0.25) is 0 Å². The standard InChI is InChI=1S/C20H17N3O3S/c1-2-26-19(25)15-8-9-16-17(12-15)22-20(27-11-10-21)23(18(16)24)13-14-6-4-3-5-7-14/h3-9,12H,2,11,13H2,1H3. The molecule has 0 aliphatic rings. The van der Waals surface area contributed by atoms with Crippen molar-refractivity contribution in [3.8, 4) is 6.07 Å². The Balaban J connectivity index is 2.12. The van der Waals surface area contributed by atoms with Crippen LogP contribution in [0.15, 0.2) is 58.5 Å². The van der Waals surface area contributed by atoms with E-state index in [0.29, 0.717) is 28.2 Å². The molecule has 2 aromatic carbocycles. The minimum Gasteiger partial charge on any atom is -0.462 e. The molecule has 0 aliphatic carbocycles. The minimum absolute atomic E-state index is 0.171. The van der Waals surface area contributed by atoms with Crippen molar-refractivity contribution < 1.29 is 9.53 Å². The fraction of sp³-hybridized carbons (Fsp3) is 0.200. The van der Waals surface area contributed by atoms with E-state index in [-0.39, 0.29) is 17.9 Å². The summed E-state index contributed by atoms with van der Waals surface area (Å²) in [7, 11) is 0. The van der Waals surface area contributed by atoms with Crippen LogP contribution < -0.4 is 5.56 Å². The number of thioether (sulfide) groups is 1. The molecule has 0 saturated heterocycles. The van der Waals surface area contributed by atoms with E-state index in [1.165, 1.54) is 11.8 Å². The van der Waals surface area contributed by atoms with Gasteiger partial charge < -0.3 is 4.74 Å². The van der Waals surface area contributed by atoms with Gasteiger partial charge in [-0.25, -0.2) is 9.78 Å². The number of nitrogens with zero attached hydrogens (tertiary/aromatic N) is 3. The lowest BCUT2D eigenvalue weighted by atomic mass is 10.1. The number of nitriles is 1. The molecule has 0 atom stereocenters. The third-order valence-electron chi connectivity index (χ3n) is 3.88. The fourth-order valence-corrected chi connectivity index (χ4v) is 3.31. The zero-order valence-electron chi connectivity index (χ0n) is 14.7. The normalized spacial score (nSPS) is 10.5. The zero-order chi connectivity index (χ0) is 19.2. The quantitative estimate of drug-likeness (QED) is 0.371. The van der Waals surface area contributed by atoms with Crippen LogP contribution in [0.4, 0.5) is 0 Å². The summed E-state index contributed by atoms with van der Waals surface area (Å²) >= 11 is 1.19. The monoisotopic (exact) mass is 379 g/mol. The fourth-order valence-electron chi connectivity index (χ4n) is 2.65. The van der Waals surface area contributed by atoms with Crippen LogP contribution in [0.2, 0.25) is 0 Å². The summed E-state index contributed by atoms with van der Waals surface area (Å²) in [5, 5.41) is 9.78. The van der Waals surface area contributed by atoms with E-state index in [0.717, 1.165) is 5.56 Å². The van der Waals surface area contributed by atoms with Crippen LogP contribution in [-0.2, 0) is 11.3 Å². The molecule has 0 fully saturated rings.